The van der Waals surface area contributed by atoms with Crippen molar-refractivity contribution in [2.75, 3.05) is 0 Å². The van der Waals surface area contributed by atoms with Crippen molar-refractivity contribution in [1.82, 2.24) is 9.97 Å². The summed E-state index contributed by atoms with van der Waals surface area (Å²) in [6, 6.07) is 7.74. The average molecular weight is 342 g/mol. The molecule has 0 saturated heterocycles. The zero-order valence-corrected chi connectivity index (χ0v) is 11.4. The summed E-state index contributed by atoms with van der Waals surface area (Å²) in [5, 5.41) is 0. The van der Waals surface area contributed by atoms with Gasteiger partial charge in [0.2, 0.25) is 5.88 Å². The number of hydrogen-bond donors (Lipinski definition) is 1. The van der Waals surface area contributed by atoms with Crippen molar-refractivity contribution < 1.29 is 4.74 Å². The van der Waals surface area contributed by atoms with Crippen LogP contribution in [0.25, 0.3) is 0 Å². The Hall–Kier alpha value is -1.37. The highest BCUT2D eigenvalue weighted by molar-refractivity contribution is 14.1. The molecule has 0 radical (unpaired) electrons. The number of ether oxygens (including phenoxy) is 1. The highest BCUT2D eigenvalue weighted by atomic mass is 127. The quantitative estimate of drug-likeness (QED) is 0.873. The van der Waals surface area contributed by atoms with E-state index in [2.05, 4.69) is 16.9 Å². The number of aryl methyl sites for hydroxylation is 1. The summed E-state index contributed by atoms with van der Waals surface area (Å²) in [4.78, 5) is 17.8. The zero-order valence-electron chi connectivity index (χ0n) is 9.24. The zero-order chi connectivity index (χ0) is 12.3. The second-order valence-electron chi connectivity index (χ2n) is 3.45. The molecule has 1 aromatic carbocycles. The van der Waals surface area contributed by atoms with Crippen molar-refractivity contribution in [2.45, 2.75) is 13.3 Å². The molecule has 4 nitrogen and oxygen atoms in total. The molecule has 88 valence electrons. The summed E-state index contributed by atoms with van der Waals surface area (Å²) < 4.78 is 6.00. The van der Waals surface area contributed by atoms with Crippen LogP contribution in [-0.4, -0.2) is 9.97 Å². The summed E-state index contributed by atoms with van der Waals surface area (Å²) in [7, 11) is 0. The van der Waals surface area contributed by atoms with Gasteiger partial charge in [0, 0.05) is 0 Å². The number of H-pyrrole nitrogens is 1. The molecule has 2 aromatic rings. The van der Waals surface area contributed by atoms with Crippen LogP contribution in [0.1, 0.15) is 12.5 Å². The summed E-state index contributed by atoms with van der Waals surface area (Å²) in [6.07, 6.45) is 2.32. The molecular weight excluding hydrogens is 331 g/mol. The van der Waals surface area contributed by atoms with Gasteiger partial charge in [-0.1, -0.05) is 19.1 Å². The van der Waals surface area contributed by atoms with E-state index in [9.17, 15) is 4.79 Å². The Kier molecular flexibility index (Phi) is 3.78. The lowest BCUT2D eigenvalue weighted by Crippen LogP contribution is -2.11. The molecule has 1 aromatic heterocycles. The summed E-state index contributed by atoms with van der Waals surface area (Å²) in [5.74, 6) is 1.01. The fourth-order valence-corrected chi connectivity index (χ4v) is 1.75. The molecule has 1 N–H and O–H groups in total. The lowest BCUT2D eigenvalue weighted by molar-refractivity contribution is 0.456. The smallest absolute Gasteiger partial charge is 0.268 e. The van der Waals surface area contributed by atoms with Crippen molar-refractivity contribution >= 4 is 22.6 Å². The van der Waals surface area contributed by atoms with Crippen LogP contribution in [0.15, 0.2) is 35.4 Å². The molecule has 0 spiro atoms. The van der Waals surface area contributed by atoms with Gasteiger partial charge >= 0.3 is 0 Å². The molecule has 0 aliphatic rings. The standard InChI is InChI=1S/C12H11IN2O2/c1-2-8-3-5-9(6-4-8)17-12-10(13)11(16)14-7-15-12/h3-7H,2H2,1H3,(H,14,15,16). The minimum atomic E-state index is -0.194. The van der Waals surface area contributed by atoms with Crippen LogP contribution in [0.2, 0.25) is 0 Å². The third-order valence-electron chi connectivity index (χ3n) is 2.31. The first-order valence-corrected chi connectivity index (χ1v) is 6.28. The Labute approximate surface area is 112 Å². The topological polar surface area (TPSA) is 55.0 Å². The monoisotopic (exact) mass is 342 g/mol. The van der Waals surface area contributed by atoms with E-state index in [0.29, 0.717) is 15.2 Å². The van der Waals surface area contributed by atoms with Crippen molar-refractivity contribution in [1.29, 1.82) is 0 Å². The molecule has 0 aliphatic carbocycles. The first-order valence-electron chi connectivity index (χ1n) is 5.20. The molecule has 0 fully saturated rings. The van der Waals surface area contributed by atoms with Crippen LogP contribution < -0.4 is 10.3 Å². The Bertz CT molecular complexity index is 563. The lowest BCUT2D eigenvalue weighted by atomic mass is 10.2. The second kappa shape index (κ2) is 5.31. The second-order valence-corrected chi connectivity index (χ2v) is 4.53. The fourth-order valence-electron chi connectivity index (χ4n) is 1.34. The number of aromatic amines is 1. The van der Waals surface area contributed by atoms with E-state index in [0.717, 1.165) is 6.42 Å². The molecule has 1 heterocycles. The minimum Gasteiger partial charge on any atom is -0.438 e. The van der Waals surface area contributed by atoms with Crippen LogP contribution in [0.3, 0.4) is 0 Å². The molecule has 0 saturated carbocycles. The normalized spacial score (nSPS) is 10.2. The third kappa shape index (κ3) is 2.85. The molecule has 5 heteroatoms. The lowest BCUT2D eigenvalue weighted by Gasteiger charge is -2.06. The van der Waals surface area contributed by atoms with Gasteiger partial charge in [0.15, 0.2) is 0 Å². The highest BCUT2D eigenvalue weighted by Crippen LogP contribution is 2.22. The van der Waals surface area contributed by atoms with E-state index in [1.54, 1.807) is 0 Å². The first-order chi connectivity index (χ1) is 8.20. The summed E-state index contributed by atoms with van der Waals surface area (Å²) in [5.41, 5.74) is 1.05. The van der Waals surface area contributed by atoms with E-state index in [-0.39, 0.29) is 5.56 Å². The van der Waals surface area contributed by atoms with Crippen LogP contribution >= 0.6 is 22.6 Å². The van der Waals surface area contributed by atoms with Gasteiger partial charge in [-0.25, -0.2) is 4.98 Å². The number of rotatable bonds is 3. The Morgan fingerprint density at radius 3 is 2.71 bits per heavy atom. The largest absolute Gasteiger partial charge is 0.438 e. The molecule has 0 amide bonds. The predicted molar refractivity (Wildman–Crippen MR) is 73.5 cm³/mol. The maximum atomic E-state index is 11.3. The van der Waals surface area contributed by atoms with Crippen LogP contribution in [0, 0.1) is 3.57 Å². The molecule has 0 unspecified atom stereocenters. The van der Waals surface area contributed by atoms with Crippen LogP contribution in [0.5, 0.6) is 11.6 Å². The first kappa shape index (κ1) is 12.1. The highest BCUT2D eigenvalue weighted by Gasteiger charge is 2.07. The minimum absolute atomic E-state index is 0.194. The number of benzene rings is 1. The van der Waals surface area contributed by atoms with Crippen LogP contribution in [0.4, 0.5) is 0 Å². The number of hydrogen-bond acceptors (Lipinski definition) is 3. The molecule has 0 bridgehead atoms. The molecule has 0 atom stereocenters. The Morgan fingerprint density at radius 1 is 1.35 bits per heavy atom. The van der Waals surface area contributed by atoms with Gasteiger partial charge in [0.1, 0.15) is 9.32 Å². The van der Waals surface area contributed by atoms with E-state index in [4.69, 9.17) is 4.74 Å². The summed E-state index contributed by atoms with van der Waals surface area (Å²) in [6.45, 7) is 2.09. The van der Waals surface area contributed by atoms with Crippen molar-refractivity contribution in [3.05, 3.63) is 50.1 Å². The third-order valence-corrected chi connectivity index (χ3v) is 3.26. The van der Waals surface area contributed by atoms with Gasteiger partial charge in [0.05, 0.1) is 6.33 Å². The predicted octanol–water partition coefficient (Wildman–Crippen LogP) is 2.73. The summed E-state index contributed by atoms with van der Waals surface area (Å²) >= 11 is 1.91. The van der Waals surface area contributed by atoms with Crippen molar-refractivity contribution in [3.63, 3.8) is 0 Å². The van der Waals surface area contributed by atoms with Crippen molar-refractivity contribution in [2.24, 2.45) is 0 Å². The Balaban J connectivity index is 2.25. The van der Waals surface area contributed by atoms with E-state index < -0.39 is 0 Å². The van der Waals surface area contributed by atoms with E-state index in [1.165, 1.54) is 11.9 Å². The maximum Gasteiger partial charge on any atom is 0.268 e. The number of aromatic nitrogens is 2. The average Bonchev–Trinajstić information content (AvgIpc) is 2.36. The number of nitrogens with zero attached hydrogens (tertiary/aromatic N) is 1. The van der Waals surface area contributed by atoms with Gasteiger partial charge in [-0.05, 0) is 46.7 Å². The van der Waals surface area contributed by atoms with Gasteiger partial charge in [0.25, 0.3) is 5.56 Å². The van der Waals surface area contributed by atoms with Gasteiger partial charge in [-0.15, -0.1) is 0 Å². The van der Waals surface area contributed by atoms with E-state index >= 15 is 0 Å². The molecular formula is C12H11IN2O2. The van der Waals surface area contributed by atoms with Gasteiger partial charge in [-0.3, -0.25) is 4.79 Å². The van der Waals surface area contributed by atoms with E-state index in [1.807, 2.05) is 46.9 Å². The molecule has 0 aliphatic heterocycles. The molecule has 17 heavy (non-hydrogen) atoms. The number of halogens is 1. The van der Waals surface area contributed by atoms with Crippen molar-refractivity contribution in [3.8, 4) is 11.6 Å². The fraction of sp³-hybridized carbons (Fsp3) is 0.167. The molecule has 2 rings (SSSR count). The maximum absolute atomic E-state index is 11.3. The Morgan fingerprint density at radius 2 is 2.06 bits per heavy atom. The SMILES string of the molecule is CCc1ccc(Oc2nc[nH]c(=O)c2I)cc1. The van der Waals surface area contributed by atoms with Crippen LogP contribution in [-0.2, 0) is 6.42 Å². The van der Waals surface area contributed by atoms with Gasteiger partial charge < -0.3 is 9.72 Å². The van der Waals surface area contributed by atoms with Gasteiger partial charge in [-0.2, -0.15) is 0 Å². The number of nitrogens with one attached hydrogen (secondary N) is 1.